The molecule has 0 bridgehead atoms. The van der Waals surface area contributed by atoms with Gasteiger partial charge in [-0.25, -0.2) is 0 Å². The van der Waals surface area contributed by atoms with E-state index >= 15 is 0 Å². The highest BCUT2D eigenvalue weighted by molar-refractivity contribution is 9.11. The summed E-state index contributed by atoms with van der Waals surface area (Å²) in [6.45, 7) is 2.79. The normalized spacial score (nSPS) is 27.6. The van der Waals surface area contributed by atoms with Crippen molar-refractivity contribution in [1.29, 1.82) is 0 Å². The Morgan fingerprint density at radius 2 is 2.67 bits per heavy atom. The van der Waals surface area contributed by atoms with Gasteiger partial charge in [-0.2, -0.15) is 0 Å². The van der Waals surface area contributed by atoms with E-state index in [4.69, 9.17) is 0 Å². The minimum Gasteiger partial charge on any atom is -0.286 e. The Bertz CT molecular complexity index is 130. The molecule has 2 nitrogen and oxygen atoms in total. The molecule has 9 heavy (non-hydrogen) atoms. The van der Waals surface area contributed by atoms with Crippen LogP contribution in [0.4, 0.5) is 0 Å². The van der Waals surface area contributed by atoms with Crippen LogP contribution in [0.1, 0.15) is 13.3 Å². The summed E-state index contributed by atoms with van der Waals surface area (Å²) in [5.74, 6) is 0.240. The molecule has 4 heteroatoms. The third-order valence-electron chi connectivity index (χ3n) is 1.14. The van der Waals surface area contributed by atoms with Crippen LogP contribution in [0.15, 0.2) is 0 Å². The summed E-state index contributed by atoms with van der Waals surface area (Å²) in [6, 6.07) is 0. The maximum atomic E-state index is 10.9. The number of rotatable bonds is 1. The van der Waals surface area contributed by atoms with Crippen molar-refractivity contribution in [2.45, 2.75) is 17.5 Å². The molecule has 1 heterocycles. The van der Waals surface area contributed by atoms with Crippen LogP contribution < -0.4 is 0 Å². The molecule has 0 saturated carbocycles. The maximum absolute atomic E-state index is 10.9. The average Bonchev–Trinajstić information content (AvgIpc) is 2.10. The van der Waals surface area contributed by atoms with Gasteiger partial charge < -0.3 is 0 Å². The number of hydrogen-bond donors (Lipinski definition) is 0. The Hall–Kier alpha value is 0.300. The van der Waals surface area contributed by atoms with E-state index in [-0.39, 0.29) is 5.91 Å². The first-order chi connectivity index (χ1) is 4.24. The molecule has 0 aromatic carbocycles. The van der Waals surface area contributed by atoms with Gasteiger partial charge in [0.25, 0.3) is 0 Å². The minimum absolute atomic E-state index is 0.240. The lowest BCUT2D eigenvalue weighted by atomic mass is 10.4. The van der Waals surface area contributed by atoms with Crippen LogP contribution in [0.2, 0.25) is 0 Å². The molecule has 0 spiro atoms. The number of alkyl halides is 1. The lowest BCUT2D eigenvalue weighted by Crippen LogP contribution is -2.16. The fourth-order valence-corrected chi connectivity index (χ4v) is 2.44. The zero-order valence-corrected chi connectivity index (χ0v) is 7.54. The highest BCUT2D eigenvalue weighted by Crippen LogP contribution is 2.32. The van der Waals surface area contributed by atoms with Gasteiger partial charge in [-0.15, -0.1) is 0 Å². The molecule has 1 fully saturated rings. The Balaban J connectivity index is 2.48. The quantitative estimate of drug-likeness (QED) is 0.484. The van der Waals surface area contributed by atoms with Crippen molar-refractivity contribution >= 4 is 33.8 Å². The predicted molar refractivity (Wildman–Crippen MR) is 42.3 cm³/mol. The molecule has 1 atom stereocenters. The molecule has 0 aromatic heterocycles. The number of hydrogen-bond acceptors (Lipinski definition) is 2. The van der Waals surface area contributed by atoms with E-state index in [0.717, 1.165) is 6.54 Å². The molecule has 0 radical (unpaired) electrons. The monoisotopic (exact) mass is 209 g/mol. The van der Waals surface area contributed by atoms with Crippen molar-refractivity contribution in [1.82, 2.24) is 4.31 Å². The molecule has 1 rings (SSSR count). The lowest BCUT2D eigenvalue weighted by Gasteiger charge is -2.08. The van der Waals surface area contributed by atoms with E-state index < -0.39 is 0 Å². The third-order valence-corrected chi connectivity index (χ3v) is 3.08. The van der Waals surface area contributed by atoms with Crippen LogP contribution in [-0.2, 0) is 4.79 Å². The zero-order chi connectivity index (χ0) is 6.85. The Morgan fingerprint density at radius 1 is 2.00 bits per heavy atom. The van der Waals surface area contributed by atoms with Gasteiger partial charge in [-0.05, 0) is 18.9 Å². The van der Waals surface area contributed by atoms with Crippen molar-refractivity contribution in [3.8, 4) is 0 Å². The summed E-state index contributed by atoms with van der Waals surface area (Å²) in [5.41, 5.74) is 0. The van der Waals surface area contributed by atoms with E-state index in [1.807, 2.05) is 6.92 Å². The minimum atomic E-state index is 0.240. The molecule has 0 aliphatic carbocycles. The first-order valence-corrected chi connectivity index (χ1v) is 4.60. The van der Waals surface area contributed by atoms with Crippen molar-refractivity contribution in [3.63, 3.8) is 0 Å². The van der Waals surface area contributed by atoms with Gasteiger partial charge in [-0.1, -0.05) is 15.9 Å². The van der Waals surface area contributed by atoms with Crippen LogP contribution in [0.25, 0.3) is 0 Å². The molecule has 52 valence electrons. The SMILES string of the molecule is CCN1SC(Br)CC1=O. The summed E-state index contributed by atoms with van der Waals surface area (Å²) >= 11 is 4.93. The van der Waals surface area contributed by atoms with Crippen molar-refractivity contribution in [3.05, 3.63) is 0 Å². The van der Waals surface area contributed by atoms with E-state index in [1.165, 1.54) is 0 Å². The fraction of sp³-hybridized carbons (Fsp3) is 0.800. The molecular formula is C5H8BrNOS. The van der Waals surface area contributed by atoms with Crippen molar-refractivity contribution in [2.24, 2.45) is 0 Å². The highest BCUT2D eigenvalue weighted by atomic mass is 79.9. The number of carbonyl (C=O) groups is 1. The van der Waals surface area contributed by atoms with E-state index in [9.17, 15) is 4.79 Å². The summed E-state index contributed by atoms with van der Waals surface area (Å²) in [4.78, 5) is 10.9. The van der Waals surface area contributed by atoms with Crippen LogP contribution in [0.5, 0.6) is 0 Å². The van der Waals surface area contributed by atoms with Crippen molar-refractivity contribution < 1.29 is 4.79 Å². The van der Waals surface area contributed by atoms with Crippen LogP contribution >= 0.6 is 27.9 Å². The second kappa shape index (κ2) is 2.92. The zero-order valence-electron chi connectivity index (χ0n) is 5.13. The molecule has 1 unspecified atom stereocenters. The molecule has 1 aliphatic heterocycles. The Kier molecular flexibility index (Phi) is 2.41. The number of halogens is 1. The smallest absolute Gasteiger partial charge is 0.234 e. The van der Waals surface area contributed by atoms with Gasteiger partial charge in [0.2, 0.25) is 5.91 Å². The highest BCUT2D eigenvalue weighted by Gasteiger charge is 2.27. The topological polar surface area (TPSA) is 20.3 Å². The number of amides is 1. The fourth-order valence-electron chi connectivity index (χ4n) is 0.724. The van der Waals surface area contributed by atoms with Gasteiger partial charge in [0.1, 0.15) is 0 Å². The maximum Gasteiger partial charge on any atom is 0.234 e. The molecular weight excluding hydrogens is 202 g/mol. The molecule has 1 saturated heterocycles. The number of nitrogens with zero attached hydrogens (tertiary/aromatic N) is 1. The summed E-state index contributed by atoms with van der Waals surface area (Å²) in [6.07, 6.45) is 0.637. The van der Waals surface area contributed by atoms with Gasteiger partial charge >= 0.3 is 0 Å². The third kappa shape index (κ3) is 1.61. The van der Waals surface area contributed by atoms with Gasteiger partial charge in [-0.3, -0.25) is 9.10 Å². The molecule has 0 aromatic rings. The second-order valence-electron chi connectivity index (χ2n) is 1.81. The van der Waals surface area contributed by atoms with Gasteiger partial charge in [0, 0.05) is 6.54 Å². The van der Waals surface area contributed by atoms with Gasteiger partial charge in [0.05, 0.1) is 10.6 Å². The van der Waals surface area contributed by atoms with Crippen LogP contribution in [-0.4, -0.2) is 20.9 Å². The number of carbonyl (C=O) groups excluding carboxylic acids is 1. The molecule has 1 aliphatic rings. The lowest BCUT2D eigenvalue weighted by molar-refractivity contribution is -0.124. The molecule has 0 N–H and O–H groups in total. The van der Waals surface area contributed by atoms with Gasteiger partial charge in [0.15, 0.2) is 0 Å². The van der Waals surface area contributed by atoms with Crippen LogP contribution in [0, 0.1) is 0 Å². The van der Waals surface area contributed by atoms with Crippen molar-refractivity contribution in [2.75, 3.05) is 6.54 Å². The Labute approximate surface area is 67.2 Å². The largest absolute Gasteiger partial charge is 0.286 e. The summed E-state index contributed by atoms with van der Waals surface area (Å²) < 4.78 is 2.09. The predicted octanol–water partition coefficient (Wildman–Crippen LogP) is 1.61. The first-order valence-electron chi connectivity index (χ1n) is 2.85. The average molecular weight is 210 g/mol. The summed E-state index contributed by atoms with van der Waals surface area (Å²) in [5, 5.41) is 0. The second-order valence-corrected chi connectivity index (χ2v) is 4.74. The standard InChI is InChI=1S/C5H8BrNOS/c1-2-7-5(8)3-4(6)9-7/h4H,2-3H2,1H3. The van der Waals surface area contributed by atoms with Crippen LogP contribution in [0.3, 0.4) is 0 Å². The first kappa shape index (κ1) is 7.41. The van der Waals surface area contributed by atoms with E-state index in [0.29, 0.717) is 10.6 Å². The van der Waals surface area contributed by atoms with E-state index in [2.05, 4.69) is 15.9 Å². The van der Waals surface area contributed by atoms with E-state index in [1.54, 1.807) is 16.3 Å². The summed E-state index contributed by atoms with van der Waals surface area (Å²) in [7, 11) is 0. The Morgan fingerprint density at radius 3 is 2.89 bits per heavy atom. The molecule has 1 amide bonds.